The minimum atomic E-state index is -0.351. The summed E-state index contributed by atoms with van der Waals surface area (Å²) in [6.07, 6.45) is 15.5. The minimum absolute atomic E-state index is 0.266. The van der Waals surface area contributed by atoms with Crippen molar-refractivity contribution in [3.8, 4) is 5.75 Å². The maximum Gasteiger partial charge on any atom is 0.316 e. The first-order valence-corrected chi connectivity index (χ1v) is 8.71. The van der Waals surface area contributed by atoms with Crippen molar-refractivity contribution in [3.63, 3.8) is 0 Å². The molecule has 0 radical (unpaired) electrons. The maximum atomic E-state index is 12.2. The Balaban J connectivity index is 1.95. The Labute approximate surface area is 148 Å². The molecule has 3 rings (SSSR count). The first kappa shape index (κ1) is 17.3. The summed E-state index contributed by atoms with van der Waals surface area (Å²) in [5.41, 5.74) is 3.20. The summed E-state index contributed by atoms with van der Waals surface area (Å²) in [4.78, 5) is 16.4. The third-order valence-corrected chi connectivity index (χ3v) is 4.71. The van der Waals surface area contributed by atoms with Gasteiger partial charge < -0.3 is 14.6 Å². The summed E-state index contributed by atoms with van der Waals surface area (Å²) >= 11 is 0. The predicted octanol–water partition coefficient (Wildman–Crippen LogP) is 3.81. The molecule has 0 amide bonds. The Bertz CT molecular complexity index is 828. The van der Waals surface area contributed by atoms with Crippen LogP contribution in [0.1, 0.15) is 33.1 Å². The largest absolute Gasteiger partial charge is 0.490 e. The average molecular weight is 339 g/mol. The first-order chi connectivity index (χ1) is 12.1. The fraction of sp³-hybridized carbons (Fsp3) is 0.400. The van der Waals surface area contributed by atoms with Crippen molar-refractivity contribution < 1.29 is 4.74 Å². The monoisotopic (exact) mass is 339 g/mol. The highest BCUT2D eigenvalue weighted by molar-refractivity contribution is 5.49. The van der Waals surface area contributed by atoms with Gasteiger partial charge in [0, 0.05) is 12.2 Å². The standard InChI is InChI=1S/C20H25N3O2/c1-14-8-7-9-15(2)18(14)21-20-22-19(24)17(25-3)13-23(20)12-16-10-5-4-6-11-16/h4-6,8,10,13,16H,7,9,11-12H2,1-3H3,(H,21,22,24). The van der Waals surface area contributed by atoms with Crippen LogP contribution in [0.2, 0.25) is 0 Å². The van der Waals surface area contributed by atoms with Gasteiger partial charge in [-0.3, -0.25) is 4.79 Å². The quantitative estimate of drug-likeness (QED) is 0.886. The molecule has 2 aliphatic carbocycles. The number of rotatable bonds is 5. The highest BCUT2D eigenvalue weighted by atomic mass is 16.5. The topological polar surface area (TPSA) is 56.1 Å². The number of nitrogens with one attached hydrogen (secondary N) is 1. The normalized spacial score (nSPS) is 19.8. The SMILES string of the molecule is COc1cn(CC2C=CC=CC2)c(NC2=C(C)CCC=C2C)nc1=O. The summed E-state index contributed by atoms with van der Waals surface area (Å²) in [6.45, 7) is 4.95. The molecule has 0 bridgehead atoms. The molecule has 0 aliphatic heterocycles. The zero-order valence-corrected chi connectivity index (χ0v) is 15.1. The number of anilines is 1. The molecule has 132 valence electrons. The number of nitrogens with zero attached hydrogens (tertiary/aromatic N) is 2. The van der Waals surface area contributed by atoms with E-state index in [2.05, 4.69) is 54.5 Å². The van der Waals surface area contributed by atoms with Crippen molar-refractivity contribution in [1.29, 1.82) is 0 Å². The molecule has 5 nitrogen and oxygen atoms in total. The van der Waals surface area contributed by atoms with Gasteiger partial charge in [-0.1, -0.05) is 30.4 Å². The van der Waals surface area contributed by atoms with Crippen LogP contribution in [-0.2, 0) is 6.54 Å². The lowest BCUT2D eigenvalue weighted by Gasteiger charge is -2.23. The molecule has 1 atom stereocenters. The molecular formula is C20H25N3O2. The number of allylic oxidation sites excluding steroid dienone is 7. The van der Waals surface area contributed by atoms with E-state index in [4.69, 9.17) is 4.74 Å². The van der Waals surface area contributed by atoms with E-state index in [1.165, 1.54) is 18.3 Å². The summed E-state index contributed by atoms with van der Waals surface area (Å²) in [6, 6.07) is 0. The number of aromatic nitrogens is 2. The molecule has 2 aliphatic rings. The molecule has 1 aromatic heterocycles. The number of ether oxygens (including phenoxy) is 1. The maximum absolute atomic E-state index is 12.2. The average Bonchev–Trinajstić information content (AvgIpc) is 2.61. The fourth-order valence-corrected chi connectivity index (χ4v) is 3.26. The molecule has 1 unspecified atom stereocenters. The van der Waals surface area contributed by atoms with Gasteiger partial charge in [0.2, 0.25) is 11.7 Å². The van der Waals surface area contributed by atoms with Crippen LogP contribution in [0.3, 0.4) is 0 Å². The van der Waals surface area contributed by atoms with E-state index in [0.717, 1.165) is 31.5 Å². The zero-order valence-electron chi connectivity index (χ0n) is 15.1. The van der Waals surface area contributed by atoms with Crippen molar-refractivity contribution >= 4 is 5.95 Å². The van der Waals surface area contributed by atoms with E-state index in [9.17, 15) is 4.79 Å². The Kier molecular flexibility index (Phi) is 5.22. The lowest BCUT2D eigenvalue weighted by Crippen LogP contribution is -2.22. The van der Waals surface area contributed by atoms with Crippen molar-refractivity contribution in [3.05, 3.63) is 63.8 Å². The third kappa shape index (κ3) is 3.92. The number of hydrogen-bond acceptors (Lipinski definition) is 4. The van der Waals surface area contributed by atoms with Crippen LogP contribution in [-0.4, -0.2) is 16.7 Å². The second-order valence-corrected chi connectivity index (χ2v) is 6.61. The van der Waals surface area contributed by atoms with Crippen LogP contribution in [0.25, 0.3) is 0 Å². The van der Waals surface area contributed by atoms with Gasteiger partial charge in [0.15, 0.2) is 0 Å². The Morgan fingerprint density at radius 3 is 2.88 bits per heavy atom. The van der Waals surface area contributed by atoms with Gasteiger partial charge in [-0.15, -0.1) is 0 Å². The first-order valence-electron chi connectivity index (χ1n) is 8.71. The molecule has 25 heavy (non-hydrogen) atoms. The van der Waals surface area contributed by atoms with Gasteiger partial charge in [0.05, 0.1) is 13.3 Å². The molecule has 0 fully saturated rings. The van der Waals surface area contributed by atoms with Crippen molar-refractivity contribution in [2.45, 2.75) is 39.7 Å². The van der Waals surface area contributed by atoms with Crippen molar-refractivity contribution in [1.82, 2.24) is 9.55 Å². The summed E-state index contributed by atoms with van der Waals surface area (Å²) in [5.74, 6) is 1.21. The molecular weight excluding hydrogens is 314 g/mol. The zero-order chi connectivity index (χ0) is 17.8. The second kappa shape index (κ2) is 7.55. The third-order valence-electron chi connectivity index (χ3n) is 4.71. The van der Waals surface area contributed by atoms with E-state index < -0.39 is 0 Å². The van der Waals surface area contributed by atoms with Gasteiger partial charge in [-0.25, -0.2) is 0 Å². The van der Waals surface area contributed by atoms with Crippen molar-refractivity contribution in [2.75, 3.05) is 12.4 Å². The van der Waals surface area contributed by atoms with E-state index in [1.807, 2.05) is 4.57 Å². The van der Waals surface area contributed by atoms with E-state index >= 15 is 0 Å². The predicted molar refractivity (Wildman–Crippen MR) is 101 cm³/mol. The van der Waals surface area contributed by atoms with Crippen LogP contribution in [0.15, 0.2) is 58.2 Å². The highest BCUT2D eigenvalue weighted by Crippen LogP contribution is 2.26. The molecule has 0 saturated heterocycles. The second-order valence-electron chi connectivity index (χ2n) is 6.61. The molecule has 1 N–H and O–H groups in total. The molecule has 1 heterocycles. The van der Waals surface area contributed by atoms with Crippen LogP contribution < -0.4 is 15.6 Å². The Hall–Kier alpha value is -2.56. The fourth-order valence-electron chi connectivity index (χ4n) is 3.26. The Morgan fingerprint density at radius 2 is 2.20 bits per heavy atom. The summed E-state index contributed by atoms with van der Waals surface area (Å²) < 4.78 is 7.17. The molecule has 5 heteroatoms. The number of methoxy groups -OCH3 is 1. The van der Waals surface area contributed by atoms with Gasteiger partial charge in [-0.2, -0.15) is 4.98 Å². The lowest BCUT2D eigenvalue weighted by atomic mass is 9.98. The smallest absolute Gasteiger partial charge is 0.316 e. The van der Waals surface area contributed by atoms with Gasteiger partial charge >= 0.3 is 5.56 Å². The van der Waals surface area contributed by atoms with E-state index in [1.54, 1.807) is 6.20 Å². The summed E-state index contributed by atoms with van der Waals surface area (Å²) in [7, 11) is 1.50. The van der Waals surface area contributed by atoms with Gasteiger partial charge in [0.25, 0.3) is 0 Å². The van der Waals surface area contributed by atoms with Crippen LogP contribution in [0, 0.1) is 5.92 Å². The molecule has 0 aromatic carbocycles. The van der Waals surface area contributed by atoms with Gasteiger partial charge in [-0.05, 0) is 50.2 Å². The minimum Gasteiger partial charge on any atom is -0.490 e. The molecule has 0 saturated carbocycles. The van der Waals surface area contributed by atoms with Crippen LogP contribution >= 0.6 is 0 Å². The number of hydrogen-bond donors (Lipinski definition) is 1. The van der Waals surface area contributed by atoms with Gasteiger partial charge in [0.1, 0.15) is 0 Å². The summed E-state index contributed by atoms with van der Waals surface area (Å²) in [5, 5.41) is 3.40. The van der Waals surface area contributed by atoms with E-state index in [-0.39, 0.29) is 11.3 Å². The Morgan fingerprint density at radius 1 is 1.36 bits per heavy atom. The lowest BCUT2D eigenvalue weighted by molar-refractivity contribution is 0.398. The van der Waals surface area contributed by atoms with Crippen LogP contribution in [0.5, 0.6) is 5.75 Å². The van der Waals surface area contributed by atoms with Crippen molar-refractivity contribution in [2.24, 2.45) is 5.92 Å². The molecule has 0 spiro atoms. The van der Waals surface area contributed by atoms with E-state index in [0.29, 0.717) is 11.9 Å². The highest BCUT2D eigenvalue weighted by Gasteiger charge is 2.16. The van der Waals surface area contributed by atoms with Crippen LogP contribution in [0.4, 0.5) is 5.95 Å². The molecule has 1 aromatic rings.